The van der Waals surface area contributed by atoms with Crippen molar-refractivity contribution in [3.63, 3.8) is 0 Å². The third-order valence-corrected chi connectivity index (χ3v) is 4.47. The second-order valence-corrected chi connectivity index (χ2v) is 6.13. The number of piperazine rings is 1. The predicted octanol–water partition coefficient (Wildman–Crippen LogP) is 1.34. The minimum Gasteiger partial charge on any atom is -0.391 e. The van der Waals surface area contributed by atoms with Crippen LogP contribution in [0.1, 0.15) is 28.9 Å². The number of aliphatic hydroxyl groups excluding tert-OH is 1. The number of thiazole rings is 1. The molecule has 4 nitrogen and oxygen atoms in total. The summed E-state index contributed by atoms with van der Waals surface area (Å²) in [6.45, 7) is 7.74. The van der Waals surface area contributed by atoms with Crippen LogP contribution in [0.25, 0.3) is 0 Å². The van der Waals surface area contributed by atoms with Gasteiger partial charge in [0, 0.05) is 26.2 Å². The van der Waals surface area contributed by atoms with Crippen molar-refractivity contribution in [3.8, 4) is 0 Å². The van der Waals surface area contributed by atoms with E-state index in [4.69, 9.17) is 0 Å². The maximum absolute atomic E-state index is 9.35. The van der Waals surface area contributed by atoms with Crippen molar-refractivity contribution in [1.29, 1.82) is 0 Å². The van der Waals surface area contributed by atoms with E-state index < -0.39 is 0 Å². The van der Waals surface area contributed by atoms with E-state index in [1.165, 1.54) is 0 Å². The fourth-order valence-corrected chi connectivity index (χ4v) is 3.27. The number of aliphatic hydroxyl groups is 1. The highest BCUT2D eigenvalue weighted by atomic mass is 32.1. The fourth-order valence-electron chi connectivity index (χ4n) is 2.26. The van der Waals surface area contributed by atoms with Gasteiger partial charge in [0.15, 0.2) is 0 Å². The smallest absolute Gasteiger partial charge is 0.107 e. The Kier molecular flexibility index (Phi) is 5.12. The van der Waals surface area contributed by atoms with Gasteiger partial charge in [-0.15, -0.1) is 11.3 Å². The quantitative estimate of drug-likeness (QED) is 0.875. The summed E-state index contributed by atoms with van der Waals surface area (Å²) in [6.07, 6.45) is 2.07. The van der Waals surface area contributed by atoms with Crippen LogP contribution >= 0.6 is 11.3 Å². The molecule has 0 bridgehead atoms. The summed E-state index contributed by atoms with van der Waals surface area (Å²) in [5.74, 6) is 0. The van der Waals surface area contributed by atoms with Crippen LogP contribution < -0.4 is 0 Å². The topological polar surface area (TPSA) is 39.6 Å². The van der Waals surface area contributed by atoms with Gasteiger partial charge in [-0.3, -0.25) is 4.90 Å². The monoisotopic (exact) mass is 269 g/mol. The molecule has 0 saturated carbocycles. The molecule has 0 unspecified atom stereocenters. The Morgan fingerprint density at radius 2 is 2.00 bits per heavy atom. The van der Waals surface area contributed by atoms with Gasteiger partial charge in [0.2, 0.25) is 0 Å². The van der Waals surface area contributed by atoms with E-state index in [2.05, 4.69) is 28.8 Å². The lowest BCUT2D eigenvalue weighted by Gasteiger charge is -2.31. The average Bonchev–Trinajstić information content (AvgIpc) is 2.75. The first-order valence-electron chi connectivity index (χ1n) is 6.72. The van der Waals surface area contributed by atoms with E-state index in [1.54, 1.807) is 11.3 Å². The van der Waals surface area contributed by atoms with E-state index in [9.17, 15) is 5.11 Å². The number of likely N-dealkylation sites (N-methyl/N-ethyl adjacent to an activating group) is 1. The number of rotatable bonds is 5. The molecule has 1 aliphatic rings. The second kappa shape index (κ2) is 6.61. The third-order valence-electron chi connectivity index (χ3n) is 3.41. The van der Waals surface area contributed by atoms with Crippen molar-refractivity contribution in [1.82, 2.24) is 14.8 Å². The SMILES string of the molecule is CCCc1nc(CN2CCN(C)CC2)sc1CO. The van der Waals surface area contributed by atoms with Crippen LogP contribution in [0.3, 0.4) is 0 Å². The van der Waals surface area contributed by atoms with Gasteiger partial charge in [-0.25, -0.2) is 4.98 Å². The van der Waals surface area contributed by atoms with Gasteiger partial charge in [-0.1, -0.05) is 13.3 Å². The molecule has 1 saturated heterocycles. The number of nitrogens with zero attached hydrogens (tertiary/aromatic N) is 3. The normalized spacial score (nSPS) is 18.4. The average molecular weight is 269 g/mol. The van der Waals surface area contributed by atoms with Crippen molar-refractivity contribution in [3.05, 3.63) is 15.6 Å². The Labute approximate surface area is 113 Å². The summed E-state index contributed by atoms with van der Waals surface area (Å²) in [6, 6.07) is 0. The summed E-state index contributed by atoms with van der Waals surface area (Å²) < 4.78 is 0. The Hall–Kier alpha value is -0.490. The third kappa shape index (κ3) is 3.51. The summed E-state index contributed by atoms with van der Waals surface area (Å²) in [4.78, 5) is 10.6. The van der Waals surface area contributed by atoms with Crippen molar-refractivity contribution in [2.45, 2.75) is 32.9 Å². The molecule has 1 N–H and O–H groups in total. The molecular weight excluding hydrogens is 246 g/mol. The molecule has 0 spiro atoms. The molecule has 0 amide bonds. The van der Waals surface area contributed by atoms with Gasteiger partial charge in [0.05, 0.1) is 23.7 Å². The van der Waals surface area contributed by atoms with E-state index >= 15 is 0 Å². The number of aromatic nitrogens is 1. The van der Waals surface area contributed by atoms with Gasteiger partial charge in [0.25, 0.3) is 0 Å². The van der Waals surface area contributed by atoms with Crippen LogP contribution in [0, 0.1) is 0 Å². The van der Waals surface area contributed by atoms with E-state index in [-0.39, 0.29) is 6.61 Å². The van der Waals surface area contributed by atoms with Crippen molar-refractivity contribution in [2.75, 3.05) is 33.2 Å². The van der Waals surface area contributed by atoms with E-state index in [1.807, 2.05) is 0 Å². The molecule has 1 fully saturated rings. The van der Waals surface area contributed by atoms with E-state index in [0.29, 0.717) is 0 Å². The highest BCUT2D eigenvalue weighted by Gasteiger charge is 2.17. The van der Waals surface area contributed by atoms with Crippen LogP contribution in [0.15, 0.2) is 0 Å². The largest absolute Gasteiger partial charge is 0.391 e. The van der Waals surface area contributed by atoms with Gasteiger partial charge in [-0.2, -0.15) is 0 Å². The first kappa shape index (κ1) is 13.9. The van der Waals surface area contributed by atoms with E-state index in [0.717, 1.165) is 61.1 Å². The maximum atomic E-state index is 9.35. The molecule has 0 atom stereocenters. The Bertz CT molecular complexity index is 372. The fraction of sp³-hybridized carbons (Fsp3) is 0.769. The number of hydrogen-bond acceptors (Lipinski definition) is 5. The molecule has 2 heterocycles. The first-order chi connectivity index (χ1) is 8.72. The predicted molar refractivity (Wildman–Crippen MR) is 74.8 cm³/mol. The van der Waals surface area contributed by atoms with Crippen LogP contribution in [-0.2, 0) is 19.6 Å². The zero-order valence-electron chi connectivity index (χ0n) is 11.4. The first-order valence-corrected chi connectivity index (χ1v) is 7.53. The van der Waals surface area contributed by atoms with Crippen molar-refractivity contribution >= 4 is 11.3 Å². The second-order valence-electron chi connectivity index (χ2n) is 4.97. The lowest BCUT2D eigenvalue weighted by Crippen LogP contribution is -2.43. The van der Waals surface area contributed by atoms with Gasteiger partial charge in [0.1, 0.15) is 5.01 Å². The maximum Gasteiger partial charge on any atom is 0.107 e. The minimum atomic E-state index is 0.135. The zero-order valence-corrected chi connectivity index (χ0v) is 12.2. The zero-order chi connectivity index (χ0) is 13.0. The molecule has 1 aromatic heterocycles. The van der Waals surface area contributed by atoms with Gasteiger partial charge < -0.3 is 10.0 Å². The summed E-state index contributed by atoms with van der Waals surface area (Å²) in [5.41, 5.74) is 1.11. The molecule has 0 aromatic carbocycles. The number of aryl methyl sites for hydroxylation is 1. The van der Waals surface area contributed by atoms with Gasteiger partial charge in [-0.05, 0) is 13.5 Å². The highest BCUT2D eigenvalue weighted by Crippen LogP contribution is 2.21. The summed E-state index contributed by atoms with van der Waals surface area (Å²) >= 11 is 1.68. The molecule has 1 aliphatic heterocycles. The molecule has 1 aromatic rings. The highest BCUT2D eigenvalue weighted by molar-refractivity contribution is 7.11. The molecule has 18 heavy (non-hydrogen) atoms. The summed E-state index contributed by atoms with van der Waals surface area (Å²) in [7, 11) is 2.17. The van der Waals surface area contributed by atoms with Crippen LogP contribution in [-0.4, -0.2) is 53.1 Å². The molecule has 0 radical (unpaired) electrons. The van der Waals surface area contributed by atoms with Crippen molar-refractivity contribution in [2.24, 2.45) is 0 Å². The lowest BCUT2D eigenvalue weighted by molar-refractivity contribution is 0.148. The minimum absolute atomic E-state index is 0.135. The Morgan fingerprint density at radius 1 is 1.28 bits per heavy atom. The summed E-state index contributed by atoms with van der Waals surface area (Å²) in [5, 5.41) is 10.5. The Balaban J connectivity index is 1.96. The molecule has 5 heteroatoms. The molecule has 0 aliphatic carbocycles. The van der Waals surface area contributed by atoms with Crippen LogP contribution in [0.5, 0.6) is 0 Å². The molecule has 2 rings (SSSR count). The lowest BCUT2D eigenvalue weighted by atomic mass is 10.2. The van der Waals surface area contributed by atoms with Crippen LogP contribution in [0.2, 0.25) is 0 Å². The molecular formula is C13H23N3OS. The Morgan fingerprint density at radius 3 is 2.61 bits per heavy atom. The van der Waals surface area contributed by atoms with Crippen molar-refractivity contribution < 1.29 is 5.11 Å². The standard InChI is InChI=1S/C13H23N3OS/c1-3-4-11-12(10-17)18-13(14-11)9-16-7-5-15(2)6-8-16/h17H,3-10H2,1-2H3. The number of hydrogen-bond donors (Lipinski definition) is 1. The van der Waals surface area contributed by atoms with Gasteiger partial charge >= 0.3 is 0 Å². The molecule has 102 valence electrons. The van der Waals surface area contributed by atoms with Crippen LogP contribution in [0.4, 0.5) is 0 Å².